The molecular formula is C19H25NO. The number of nitrogens with zero attached hydrogens (tertiary/aromatic N) is 1. The van der Waals surface area contributed by atoms with Crippen molar-refractivity contribution >= 4 is 5.91 Å². The number of carbonyl (C=O) groups excluding carboxylic acids is 1. The predicted molar refractivity (Wildman–Crippen MR) is 86.5 cm³/mol. The van der Waals surface area contributed by atoms with Crippen LogP contribution in [-0.4, -0.2) is 23.9 Å². The Morgan fingerprint density at radius 3 is 2.24 bits per heavy atom. The van der Waals surface area contributed by atoms with E-state index in [0.29, 0.717) is 5.92 Å². The molecule has 112 valence electrons. The van der Waals surface area contributed by atoms with E-state index in [1.807, 2.05) is 17.0 Å². The average Bonchev–Trinajstić information content (AvgIpc) is 2.56. The van der Waals surface area contributed by atoms with Crippen LogP contribution in [0.2, 0.25) is 0 Å². The van der Waals surface area contributed by atoms with E-state index in [1.165, 1.54) is 43.2 Å². The minimum Gasteiger partial charge on any atom is -0.338 e. The third kappa shape index (κ3) is 3.37. The molecule has 0 aromatic heterocycles. The minimum atomic E-state index is 0.178. The maximum atomic E-state index is 12.5. The summed E-state index contributed by atoms with van der Waals surface area (Å²) < 4.78 is 0. The Morgan fingerprint density at radius 1 is 1.00 bits per heavy atom. The highest BCUT2D eigenvalue weighted by Gasteiger charge is 2.20. The zero-order chi connectivity index (χ0) is 14.7. The molecule has 1 amide bonds. The standard InChI is InChI=1S/C19H25NO/c1-15-11-13-20(14-12-15)19(21)18-9-7-17(8-10-18)16-5-3-2-4-6-16/h7-10,16H,1-6,11-14H2. The van der Waals surface area contributed by atoms with E-state index in [-0.39, 0.29) is 5.91 Å². The van der Waals surface area contributed by atoms with Gasteiger partial charge in [0, 0.05) is 18.7 Å². The van der Waals surface area contributed by atoms with E-state index in [0.717, 1.165) is 31.5 Å². The highest BCUT2D eigenvalue weighted by molar-refractivity contribution is 5.94. The summed E-state index contributed by atoms with van der Waals surface area (Å²) >= 11 is 0. The van der Waals surface area contributed by atoms with E-state index < -0.39 is 0 Å². The van der Waals surface area contributed by atoms with Gasteiger partial charge in [-0.1, -0.05) is 43.5 Å². The quantitative estimate of drug-likeness (QED) is 0.730. The molecule has 1 heterocycles. The number of amides is 1. The molecule has 0 atom stereocenters. The van der Waals surface area contributed by atoms with Gasteiger partial charge in [-0.2, -0.15) is 0 Å². The first-order valence-corrected chi connectivity index (χ1v) is 8.30. The van der Waals surface area contributed by atoms with Crippen LogP contribution in [0.25, 0.3) is 0 Å². The summed E-state index contributed by atoms with van der Waals surface area (Å²) in [5.74, 6) is 0.888. The van der Waals surface area contributed by atoms with Crippen LogP contribution in [0.4, 0.5) is 0 Å². The lowest BCUT2D eigenvalue weighted by molar-refractivity contribution is 0.0744. The Morgan fingerprint density at radius 2 is 1.62 bits per heavy atom. The number of carbonyl (C=O) groups is 1. The molecule has 2 fully saturated rings. The van der Waals surface area contributed by atoms with Gasteiger partial charge in [-0.3, -0.25) is 4.79 Å². The maximum Gasteiger partial charge on any atom is 0.253 e. The fourth-order valence-electron chi connectivity index (χ4n) is 3.54. The second kappa shape index (κ2) is 6.46. The Balaban J connectivity index is 1.65. The second-order valence-corrected chi connectivity index (χ2v) is 6.50. The molecule has 0 radical (unpaired) electrons. The number of hydrogen-bond donors (Lipinski definition) is 0. The lowest BCUT2D eigenvalue weighted by Gasteiger charge is -2.28. The zero-order valence-corrected chi connectivity index (χ0v) is 12.8. The van der Waals surface area contributed by atoms with Gasteiger partial charge in [-0.15, -0.1) is 0 Å². The van der Waals surface area contributed by atoms with Crippen molar-refractivity contribution in [3.8, 4) is 0 Å². The first kappa shape index (κ1) is 14.4. The predicted octanol–water partition coefficient (Wildman–Crippen LogP) is 4.53. The van der Waals surface area contributed by atoms with Gasteiger partial charge in [0.1, 0.15) is 0 Å². The van der Waals surface area contributed by atoms with Crippen molar-refractivity contribution in [3.05, 3.63) is 47.5 Å². The largest absolute Gasteiger partial charge is 0.338 e. The van der Waals surface area contributed by atoms with Crippen molar-refractivity contribution in [3.63, 3.8) is 0 Å². The van der Waals surface area contributed by atoms with Gasteiger partial charge < -0.3 is 4.90 Å². The summed E-state index contributed by atoms with van der Waals surface area (Å²) in [5, 5.41) is 0. The molecule has 2 heteroatoms. The lowest BCUT2D eigenvalue weighted by Crippen LogP contribution is -2.36. The van der Waals surface area contributed by atoms with Crippen molar-refractivity contribution in [2.24, 2.45) is 0 Å². The van der Waals surface area contributed by atoms with Gasteiger partial charge in [0.2, 0.25) is 0 Å². The number of piperidine rings is 1. The van der Waals surface area contributed by atoms with Crippen molar-refractivity contribution in [1.82, 2.24) is 4.90 Å². The summed E-state index contributed by atoms with van der Waals surface area (Å²) in [4.78, 5) is 14.5. The smallest absolute Gasteiger partial charge is 0.253 e. The van der Waals surface area contributed by atoms with Gasteiger partial charge in [0.15, 0.2) is 0 Å². The second-order valence-electron chi connectivity index (χ2n) is 6.50. The Labute approximate surface area is 127 Å². The first-order valence-electron chi connectivity index (χ1n) is 8.30. The van der Waals surface area contributed by atoms with Gasteiger partial charge in [0.25, 0.3) is 5.91 Å². The van der Waals surface area contributed by atoms with E-state index in [2.05, 4.69) is 18.7 Å². The Hall–Kier alpha value is -1.57. The minimum absolute atomic E-state index is 0.178. The SMILES string of the molecule is C=C1CCN(C(=O)c2ccc(C3CCCCC3)cc2)CC1. The maximum absolute atomic E-state index is 12.5. The van der Waals surface area contributed by atoms with Crippen molar-refractivity contribution in [2.75, 3.05) is 13.1 Å². The van der Waals surface area contributed by atoms with Crippen molar-refractivity contribution in [1.29, 1.82) is 0 Å². The topological polar surface area (TPSA) is 20.3 Å². The molecule has 1 saturated carbocycles. The van der Waals surface area contributed by atoms with Crippen LogP contribution < -0.4 is 0 Å². The van der Waals surface area contributed by atoms with Crippen LogP contribution in [0.15, 0.2) is 36.4 Å². The number of rotatable bonds is 2. The highest BCUT2D eigenvalue weighted by atomic mass is 16.2. The fraction of sp³-hybridized carbons (Fsp3) is 0.526. The summed E-state index contributed by atoms with van der Waals surface area (Å²) in [6.45, 7) is 5.65. The molecule has 0 bridgehead atoms. The zero-order valence-electron chi connectivity index (χ0n) is 12.8. The van der Waals surface area contributed by atoms with Crippen molar-refractivity contribution < 1.29 is 4.79 Å². The van der Waals surface area contributed by atoms with Crippen LogP contribution in [0, 0.1) is 0 Å². The van der Waals surface area contributed by atoms with Crippen LogP contribution in [-0.2, 0) is 0 Å². The number of benzene rings is 1. The molecule has 1 aliphatic heterocycles. The van der Waals surface area contributed by atoms with Crippen LogP contribution in [0.3, 0.4) is 0 Å². The third-order valence-corrected chi connectivity index (χ3v) is 4.99. The Bertz CT molecular complexity index is 501. The van der Waals surface area contributed by atoms with Gasteiger partial charge in [-0.25, -0.2) is 0 Å². The van der Waals surface area contributed by atoms with Crippen molar-refractivity contribution in [2.45, 2.75) is 50.9 Å². The van der Waals surface area contributed by atoms with Crippen LogP contribution in [0.1, 0.15) is 66.8 Å². The molecule has 2 nitrogen and oxygen atoms in total. The Kier molecular flexibility index (Phi) is 4.42. The molecule has 0 N–H and O–H groups in total. The summed E-state index contributed by atoms with van der Waals surface area (Å²) in [5.41, 5.74) is 3.52. The summed E-state index contributed by atoms with van der Waals surface area (Å²) in [7, 11) is 0. The lowest BCUT2D eigenvalue weighted by atomic mass is 9.84. The van der Waals surface area contributed by atoms with E-state index in [1.54, 1.807) is 0 Å². The fourth-order valence-corrected chi connectivity index (χ4v) is 3.54. The molecule has 0 spiro atoms. The molecule has 3 rings (SSSR count). The summed E-state index contributed by atoms with van der Waals surface area (Å²) in [6, 6.07) is 8.39. The number of hydrogen-bond acceptors (Lipinski definition) is 1. The molecular weight excluding hydrogens is 258 g/mol. The number of likely N-dealkylation sites (tertiary alicyclic amines) is 1. The third-order valence-electron chi connectivity index (χ3n) is 4.99. The highest BCUT2D eigenvalue weighted by Crippen LogP contribution is 2.32. The normalized spacial score (nSPS) is 20.6. The molecule has 2 aliphatic rings. The monoisotopic (exact) mass is 283 g/mol. The van der Waals surface area contributed by atoms with E-state index >= 15 is 0 Å². The average molecular weight is 283 g/mol. The first-order chi connectivity index (χ1) is 10.2. The van der Waals surface area contributed by atoms with E-state index in [4.69, 9.17) is 0 Å². The van der Waals surface area contributed by atoms with Gasteiger partial charge in [-0.05, 0) is 49.3 Å². The molecule has 1 aliphatic carbocycles. The molecule has 0 unspecified atom stereocenters. The molecule has 1 aromatic rings. The van der Waals surface area contributed by atoms with Gasteiger partial charge >= 0.3 is 0 Å². The van der Waals surface area contributed by atoms with Crippen LogP contribution >= 0.6 is 0 Å². The van der Waals surface area contributed by atoms with E-state index in [9.17, 15) is 4.79 Å². The molecule has 1 aromatic carbocycles. The summed E-state index contributed by atoms with van der Waals surface area (Å²) in [6.07, 6.45) is 8.60. The van der Waals surface area contributed by atoms with Crippen LogP contribution in [0.5, 0.6) is 0 Å². The molecule has 1 saturated heterocycles. The van der Waals surface area contributed by atoms with Gasteiger partial charge in [0.05, 0.1) is 0 Å². The molecule has 21 heavy (non-hydrogen) atoms.